The van der Waals surface area contributed by atoms with Crippen molar-refractivity contribution in [3.8, 4) is 11.7 Å². The van der Waals surface area contributed by atoms with Crippen molar-refractivity contribution in [1.29, 1.82) is 0 Å². The summed E-state index contributed by atoms with van der Waals surface area (Å²) in [5, 5.41) is 14.1. The minimum absolute atomic E-state index is 0.242. The average Bonchev–Trinajstić information content (AvgIpc) is 3.44. The molecule has 0 saturated heterocycles. The number of anilines is 1. The molecule has 3 N–H and O–H groups in total. The first-order valence-corrected chi connectivity index (χ1v) is 11.5. The molecule has 1 amide bonds. The molecule has 0 fully saturated rings. The smallest absolute Gasteiger partial charge is 0.275 e. The van der Waals surface area contributed by atoms with Gasteiger partial charge in [-0.2, -0.15) is 4.98 Å². The maximum Gasteiger partial charge on any atom is 0.275 e. The Morgan fingerprint density at radius 2 is 2.00 bits per heavy atom. The Morgan fingerprint density at radius 1 is 1.15 bits per heavy atom. The van der Waals surface area contributed by atoms with E-state index in [4.69, 9.17) is 14.8 Å². The minimum Gasteiger partial charge on any atom is -0.508 e. The monoisotopic (exact) mass is 457 g/mol. The van der Waals surface area contributed by atoms with E-state index in [-0.39, 0.29) is 11.7 Å². The summed E-state index contributed by atoms with van der Waals surface area (Å²) in [5.74, 6) is 1.35. The quantitative estimate of drug-likeness (QED) is 0.359. The molecule has 2 aromatic carbocycles. The van der Waals surface area contributed by atoms with Crippen molar-refractivity contribution >= 4 is 22.6 Å². The number of hydroxylamine groups is 1. The van der Waals surface area contributed by atoms with Crippen LogP contribution in [-0.4, -0.2) is 32.2 Å². The highest BCUT2D eigenvalue weighted by Crippen LogP contribution is 2.31. The lowest BCUT2D eigenvalue weighted by atomic mass is 10.1. The number of carbonyl (C=O) groups excluding carboxylic acids is 1. The van der Waals surface area contributed by atoms with Gasteiger partial charge in [-0.05, 0) is 69.0 Å². The zero-order valence-electron chi connectivity index (χ0n) is 19.3. The van der Waals surface area contributed by atoms with Gasteiger partial charge in [-0.15, -0.1) is 0 Å². The fourth-order valence-electron chi connectivity index (χ4n) is 4.54. The molecule has 0 radical (unpaired) electrons. The van der Waals surface area contributed by atoms with E-state index in [1.165, 1.54) is 0 Å². The molecule has 0 atom stereocenters. The Labute approximate surface area is 197 Å². The van der Waals surface area contributed by atoms with Gasteiger partial charge in [0, 0.05) is 23.2 Å². The van der Waals surface area contributed by atoms with Gasteiger partial charge in [0.2, 0.25) is 5.95 Å². The normalized spacial score (nSPS) is 12.6. The Morgan fingerprint density at radius 3 is 2.82 bits per heavy atom. The maximum absolute atomic E-state index is 12.6. The number of hydrogen-bond donors (Lipinski definition) is 3. The second kappa shape index (κ2) is 9.15. The molecule has 2 heterocycles. The first-order chi connectivity index (χ1) is 16.5. The molecule has 0 saturated carbocycles. The predicted octanol–water partition coefficient (Wildman–Crippen LogP) is 4.22. The highest BCUT2D eigenvalue weighted by molar-refractivity contribution is 6.06. The molecular formula is C26H27N5O3. The number of hydrogen-bond acceptors (Lipinski definition) is 6. The van der Waals surface area contributed by atoms with Gasteiger partial charge in [-0.3, -0.25) is 14.2 Å². The summed E-state index contributed by atoms with van der Waals surface area (Å²) >= 11 is 0. The summed E-state index contributed by atoms with van der Waals surface area (Å²) in [4.78, 5) is 27.5. The topological polar surface area (TPSA) is 101 Å². The molecule has 8 nitrogen and oxygen atoms in total. The second-order valence-electron chi connectivity index (χ2n) is 8.40. The molecule has 174 valence electrons. The molecule has 4 aromatic rings. The van der Waals surface area contributed by atoms with Crippen LogP contribution in [0.4, 0.5) is 5.82 Å². The largest absolute Gasteiger partial charge is 0.508 e. The summed E-state index contributed by atoms with van der Waals surface area (Å²) in [5.41, 5.74) is 7.98. The number of nitrogens with one attached hydrogen (secondary N) is 2. The molecule has 2 aromatic heterocycles. The highest BCUT2D eigenvalue weighted by Gasteiger charge is 2.22. The summed E-state index contributed by atoms with van der Waals surface area (Å²) in [6.45, 7) is 4.74. The summed E-state index contributed by atoms with van der Waals surface area (Å²) in [6.07, 6.45) is 2.89. The van der Waals surface area contributed by atoms with Gasteiger partial charge in [0.15, 0.2) is 0 Å². The van der Waals surface area contributed by atoms with Crippen molar-refractivity contribution in [1.82, 2.24) is 20.0 Å². The number of carbonyl (C=O) groups is 1. The molecule has 0 spiro atoms. The van der Waals surface area contributed by atoms with Crippen LogP contribution in [0.1, 0.15) is 46.2 Å². The average molecular weight is 458 g/mol. The fourth-order valence-corrected chi connectivity index (χ4v) is 4.54. The lowest BCUT2D eigenvalue weighted by Crippen LogP contribution is -2.23. The van der Waals surface area contributed by atoms with E-state index < -0.39 is 0 Å². The molecule has 1 aliphatic rings. The van der Waals surface area contributed by atoms with Crippen molar-refractivity contribution < 1.29 is 14.7 Å². The highest BCUT2D eigenvalue weighted by atomic mass is 16.6. The Kier molecular flexibility index (Phi) is 5.90. The number of rotatable bonds is 7. The third-order valence-corrected chi connectivity index (χ3v) is 6.08. The summed E-state index contributed by atoms with van der Waals surface area (Å²) in [6, 6.07) is 14.8. The van der Waals surface area contributed by atoms with Crippen LogP contribution in [0.15, 0.2) is 48.5 Å². The number of aryl methyl sites for hydroxylation is 2. The van der Waals surface area contributed by atoms with Gasteiger partial charge < -0.3 is 10.4 Å². The number of nitrogens with zero attached hydrogens (tertiary/aromatic N) is 3. The number of aromatic hydroxyl groups is 1. The first-order valence-electron chi connectivity index (χ1n) is 11.5. The van der Waals surface area contributed by atoms with E-state index in [2.05, 4.69) is 10.8 Å². The maximum atomic E-state index is 12.6. The zero-order chi connectivity index (χ0) is 23.7. The van der Waals surface area contributed by atoms with Crippen LogP contribution in [0, 0.1) is 6.92 Å². The second-order valence-corrected chi connectivity index (χ2v) is 8.40. The lowest BCUT2D eigenvalue weighted by molar-refractivity contribution is 0.0366. The van der Waals surface area contributed by atoms with E-state index in [1.807, 2.05) is 48.7 Å². The third kappa shape index (κ3) is 4.08. The van der Waals surface area contributed by atoms with Crippen molar-refractivity contribution in [3.05, 3.63) is 76.6 Å². The van der Waals surface area contributed by atoms with E-state index in [0.717, 1.165) is 58.5 Å². The standard InChI is InChI=1S/C26H27N5O3/c1-3-34-30-25(33)19-9-6-12-23-21(19)13-16(2)31(23)26-28-22-11-5-10-20(22)24(29-26)27-15-17-7-4-8-18(32)14-17/h4,6-9,12-14,32H,3,5,10-11,15H2,1-2H3,(H,30,33)(H,27,28,29). The molecule has 0 bridgehead atoms. The number of fused-ring (bicyclic) bond motifs is 2. The van der Waals surface area contributed by atoms with Crippen LogP contribution < -0.4 is 10.8 Å². The van der Waals surface area contributed by atoms with Crippen LogP contribution in [0.25, 0.3) is 16.9 Å². The first kappa shape index (κ1) is 21.9. The van der Waals surface area contributed by atoms with Gasteiger partial charge in [-0.25, -0.2) is 10.5 Å². The van der Waals surface area contributed by atoms with Crippen LogP contribution in [0.3, 0.4) is 0 Å². The van der Waals surface area contributed by atoms with Gasteiger partial charge in [0.1, 0.15) is 11.6 Å². The predicted molar refractivity (Wildman–Crippen MR) is 130 cm³/mol. The zero-order valence-corrected chi connectivity index (χ0v) is 19.3. The third-order valence-electron chi connectivity index (χ3n) is 6.08. The number of aromatic nitrogens is 3. The van der Waals surface area contributed by atoms with Gasteiger partial charge in [0.25, 0.3) is 5.91 Å². The molecular weight excluding hydrogens is 430 g/mol. The summed E-state index contributed by atoms with van der Waals surface area (Å²) < 4.78 is 1.99. The van der Waals surface area contributed by atoms with Crippen LogP contribution in [0.5, 0.6) is 5.75 Å². The van der Waals surface area contributed by atoms with Gasteiger partial charge >= 0.3 is 0 Å². The SMILES string of the molecule is CCONC(=O)c1cccc2c1cc(C)n2-c1nc2c(c(NCc3cccc(O)c3)n1)CCC2. The minimum atomic E-state index is -0.284. The van der Waals surface area contributed by atoms with Crippen molar-refractivity contribution in [2.24, 2.45) is 0 Å². The van der Waals surface area contributed by atoms with Crippen molar-refractivity contribution in [2.75, 3.05) is 11.9 Å². The fraction of sp³-hybridized carbons (Fsp3) is 0.269. The lowest BCUT2D eigenvalue weighted by Gasteiger charge is -2.14. The van der Waals surface area contributed by atoms with Crippen LogP contribution >= 0.6 is 0 Å². The summed E-state index contributed by atoms with van der Waals surface area (Å²) in [7, 11) is 0. The Bertz CT molecular complexity index is 1380. The molecule has 8 heteroatoms. The Hall–Kier alpha value is -3.91. The van der Waals surface area contributed by atoms with Crippen molar-refractivity contribution in [3.63, 3.8) is 0 Å². The molecule has 0 aliphatic heterocycles. The number of amides is 1. The number of phenols is 1. The molecule has 0 unspecified atom stereocenters. The van der Waals surface area contributed by atoms with E-state index >= 15 is 0 Å². The van der Waals surface area contributed by atoms with E-state index in [1.54, 1.807) is 18.2 Å². The van der Waals surface area contributed by atoms with Crippen molar-refractivity contribution in [2.45, 2.75) is 39.7 Å². The van der Waals surface area contributed by atoms with E-state index in [9.17, 15) is 9.90 Å². The molecule has 1 aliphatic carbocycles. The molecule has 5 rings (SSSR count). The van der Waals surface area contributed by atoms with Crippen LogP contribution in [-0.2, 0) is 24.2 Å². The van der Waals surface area contributed by atoms with Gasteiger partial charge in [-0.1, -0.05) is 18.2 Å². The van der Waals surface area contributed by atoms with E-state index in [0.29, 0.717) is 24.7 Å². The molecule has 34 heavy (non-hydrogen) atoms. The number of phenolic OH excluding ortho intramolecular Hbond substituents is 1. The Balaban J connectivity index is 1.55. The van der Waals surface area contributed by atoms with Crippen LogP contribution in [0.2, 0.25) is 0 Å². The number of benzene rings is 2. The van der Waals surface area contributed by atoms with Gasteiger partial charge in [0.05, 0.1) is 23.4 Å².